The van der Waals surface area contributed by atoms with Crippen LogP contribution in [0.2, 0.25) is 0 Å². The number of hydrogen-bond donors (Lipinski definition) is 1. The van der Waals surface area contributed by atoms with Gasteiger partial charge >= 0.3 is 5.69 Å². The third kappa shape index (κ3) is 3.30. The molecular formula is C21H19N5O4. The molecule has 3 aromatic heterocycles. The molecule has 0 atom stereocenters. The van der Waals surface area contributed by atoms with Crippen molar-refractivity contribution in [2.24, 2.45) is 5.73 Å². The zero-order chi connectivity index (χ0) is 21.3. The number of aryl methyl sites for hydroxylation is 1. The van der Waals surface area contributed by atoms with Gasteiger partial charge in [0.1, 0.15) is 5.52 Å². The normalized spacial score (nSPS) is 11.1. The van der Waals surface area contributed by atoms with Crippen LogP contribution < -0.4 is 11.4 Å². The van der Waals surface area contributed by atoms with E-state index in [1.54, 1.807) is 42.5 Å². The molecule has 0 radical (unpaired) electrons. The molecule has 9 nitrogen and oxygen atoms in total. The Morgan fingerprint density at radius 2 is 1.83 bits per heavy atom. The number of furan rings is 1. The molecule has 0 aliphatic carbocycles. The van der Waals surface area contributed by atoms with Gasteiger partial charge in [0.15, 0.2) is 28.7 Å². The molecule has 152 valence electrons. The third-order valence-electron chi connectivity index (χ3n) is 4.67. The van der Waals surface area contributed by atoms with Crippen molar-refractivity contribution < 1.29 is 14.0 Å². The molecule has 0 bridgehead atoms. The number of aromatic nitrogens is 4. The average Bonchev–Trinajstić information content (AvgIpc) is 3.37. The van der Waals surface area contributed by atoms with Crippen LogP contribution in [0.25, 0.3) is 22.7 Å². The Bertz CT molecular complexity index is 1290. The first-order valence-corrected chi connectivity index (χ1v) is 9.44. The Morgan fingerprint density at radius 3 is 2.47 bits per heavy atom. The number of primary amides is 1. The van der Waals surface area contributed by atoms with E-state index in [1.165, 1.54) is 15.4 Å². The highest BCUT2D eigenvalue weighted by molar-refractivity contribution is 6.03. The van der Waals surface area contributed by atoms with Crippen LogP contribution in [0.1, 0.15) is 34.2 Å². The number of amides is 1. The zero-order valence-electron chi connectivity index (χ0n) is 16.2. The van der Waals surface area contributed by atoms with Crippen molar-refractivity contribution >= 4 is 22.9 Å². The van der Waals surface area contributed by atoms with Crippen LogP contribution in [-0.2, 0) is 13.1 Å². The molecule has 0 saturated heterocycles. The van der Waals surface area contributed by atoms with Crippen LogP contribution in [0.15, 0.2) is 57.9 Å². The van der Waals surface area contributed by atoms with Crippen molar-refractivity contribution in [3.8, 4) is 11.6 Å². The maximum Gasteiger partial charge on any atom is 0.330 e. The van der Waals surface area contributed by atoms with E-state index in [-0.39, 0.29) is 35.0 Å². The van der Waals surface area contributed by atoms with E-state index in [0.717, 1.165) is 0 Å². The summed E-state index contributed by atoms with van der Waals surface area (Å²) in [7, 11) is 0. The van der Waals surface area contributed by atoms with Gasteiger partial charge in [-0.1, -0.05) is 37.3 Å². The molecule has 4 rings (SSSR count). The van der Waals surface area contributed by atoms with E-state index < -0.39 is 11.6 Å². The van der Waals surface area contributed by atoms with Crippen molar-refractivity contribution in [2.75, 3.05) is 0 Å². The summed E-state index contributed by atoms with van der Waals surface area (Å²) in [6.07, 6.45) is 2.10. The largest absolute Gasteiger partial charge is 0.461 e. The molecule has 3 heterocycles. The molecule has 9 heteroatoms. The quantitative estimate of drug-likeness (QED) is 0.470. The third-order valence-corrected chi connectivity index (χ3v) is 4.67. The summed E-state index contributed by atoms with van der Waals surface area (Å²) in [5, 5.41) is 0. The van der Waals surface area contributed by atoms with Crippen molar-refractivity contribution in [3.63, 3.8) is 0 Å². The number of imidazole rings is 1. The fraction of sp³-hybridized carbons (Fsp3) is 0.190. The van der Waals surface area contributed by atoms with Crippen LogP contribution >= 0.6 is 0 Å². The van der Waals surface area contributed by atoms with Crippen molar-refractivity contribution in [1.29, 1.82) is 0 Å². The summed E-state index contributed by atoms with van der Waals surface area (Å²) in [6.45, 7) is 2.00. The Hall–Kier alpha value is -4.01. The van der Waals surface area contributed by atoms with Gasteiger partial charge in [0.2, 0.25) is 0 Å². The number of Topliss-reactive ketones (excluding diaryl/α,β-unsaturated/α-hetero) is 1. The van der Waals surface area contributed by atoms with Crippen LogP contribution in [0.3, 0.4) is 0 Å². The molecule has 0 aliphatic heterocycles. The van der Waals surface area contributed by atoms with E-state index in [2.05, 4.69) is 9.97 Å². The number of carbonyl (C=O) groups is 2. The van der Waals surface area contributed by atoms with Gasteiger partial charge in [0.25, 0.3) is 5.91 Å². The van der Waals surface area contributed by atoms with Crippen LogP contribution in [0.4, 0.5) is 0 Å². The molecule has 0 fully saturated rings. The zero-order valence-corrected chi connectivity index (χ0v) is 16.2. The summed E-state index contributed by atoms with van der Waals surface area (Å²) in [4.78, 5) is 46.8. The van der Waals surface area contributed by atoms with E-state index in [0.29, 0.717) is 24.3 Å². The number of hydrogen-bond acceptors (Lipinski definition) is 6. The summed E-state index contributed by atoms with van der Waals surface area (Å²) in [5.41, 5.74) is 5.81. The molecule has 2 N–H and O–H groups in total. The number of nitrogens with two attached hydrogens (primary N) is 1. The lowest BCUT2D eigenvalue weighted by Gasteiger charge is -2.06. The minimum absolute atomic E-state index is 0.137. The highest BCUT2D eigenvalue weighted by atomic mass is 16.3. The molecule has 4 aromatic rings. The van der Waals surface area contributed by atoms with Crippen molar-refractivity contribution in [3.05, 3.63) is 70.5 Å². The Balaban J connectivity index is 1.96. The lowest BCUT2D eigenvalue weighted by molar-refractivity contribution is 0.0966. The van der Waals surface area contributed by atoms with Gasteiger partial charge in [-0.3, -0.25) is 18.7 Å². The number of carbonyl (C=O) groups excluding carboxylic acids is 2. The molecule has 1 amide bonds. The van der Waals surface area contributed by atoms with Crippen LogP contribution in [0.5, 0.6) is 0 Å². The van der Waals surface area contributed by atoms with Gasteiger partial charge in [-0.25, -0.2) is 14.8 Å². The van der Waals surface area contributed by atoms with Gasteiger partial charge in [0, 0.05) is 12.1 Å². The molecular weight excluding hydrogens is 386 g/mol. The van der Waals surface area contributed by atoms with E-state index in [9.17, 15) is 14.4 Å². The maximum atomic E-state index is 13.1. The predicted octanol–water partition coefficient (Wildman–Crippen LogP) is 2.24. The first kappa shape index (κ1) is 19.3. The highest BCUT2D eigenvalue weighted by Gasteiger charge is 2.25. The van der Waals surface area contributed by atoms with Gasteiger partial charge in [-0.2, -0.15) is 0 Å². The molecule has 0 aliphatic rings. The van der Waals surface area contributed by atoms with Crippen LogP contribution in [-0.4, -0.2) is 30.8 Å². The van der Waals surface area contributed by atoms with Gasteiger partial charge in [0.05, 0.1) is 12.8 Å². The smallest absolute Gasteiger partial charge is 0.330 e. The SMILES string of the molecule is CCCn1c(=O)n(CC(=O)c2ccccc2)c2c(C(N)=O)nc(-c3ccco3)nc21. The van der Waals surface area contributed by atoms with E-state index in [4.69, 9.17) is 10.2 Å². The Labute approximate surface area is 170 Å². The number of nitrogens with zero attached hydrogens (tertiary/aromatic N) is 4. The minimum Gasteiger partial charge on any atom is -0.461 e. The fourth-order valence-electron chi connectivity index (χ4n) is 3.33. The molecule has 0 unspecified atom stereocenters. The lowest BCUT2D eigenvalue weighted by Crippen LogP contribution is -2.27. The second kappa shape index (κ2) is 7.78. The topological polar surface area (TPSA) is 126 Å². The van der Waals surface area contributed by atoms with Gasteiger partial charge in [-0.15, -0.1) is 0 Å². The second-order valence-electron chi connectivity index (χ2n) is 6.72. The van der Waals surface area contributed by atoms with Gasteiger partial charge in [-0.05, 0) is 18.6 Å². The number of rotatable bonds is 7. The molecule has 30 heavy (non-hydrogen) atoms. The Kier molecular flexibility index (Phi) is 5.01. The van der Waals surface area contributed by atoms with Crippen LogP contribution in [0, 0.1) is 0 Å². The highest BCUT2D eigenvalue weighted by Crippen LogP contribution is 2.22. The predicted molar refractivity (Wildman–Crippen MR) is 109 cm³/mol. The minimum atomic E-state index is -0.829. The summed E-state index contributed by atoms with van der Waals surface area (Å²) in [6, 6.07) is 11.9. The molecule has 0 saturated carbocycles. The molecule has 1 aromatic carbocycles. The van der Waals surface area contributed by atoms with E-state index >= 15 is 0 Å². The number of ketones is 1. The number of fused-ring (bicyclic) bond motifs is 1. The first-order chi connectivity index (χ1) is 14.5. The maximum absolute atomic E-state index is 13.1. The molecule has 0 spiro atoms. The number of benzene rings is 1. The summed E-state index contributed by atoms with van der Waals surface area (Å²) < 4.78 is 7.98. The average molecular weight is 405 g/mol. The van der Waals surface area contributed by atoms with Crippen molar-refractivity contribution in [2.45, 2.75) is 26.4 Å². The lowest BCUT2D eigenvalue weighted by atomic mass is 10.1. The van der Waals surface area contributed by atoms with Gasteiger partial charge < -0.3 is 10.2 Å². The second-order valence-corrected chi connectivity index (χ2v) is 6.72. The van der Waals surface area contributed by atoms with Crippen molar-refractivity contribution in [1.82, 2.24) is 19.1 Å². The Morgan fingerprint density at radius 1 is 1.07 bits per heavy atom. The standard InChI is InChI=1S/C21H19N5O4/c1-2-10-25-20-17(16(18(22)28)23-19(24-20)15-9-6-11-30-15)26(21(25)29)12-14(27)13-7-4-3-5-8-13/h3-9,11H,2,10,12H2,1H3,(H2,22,28). The summed E-state index contributed by atoms with van der Waals surface area (Å²) in [5.74, 6) is -0.635. The monoisotopic (exact) mass is 405 g/mol. The fourth-order valence-corrected chi connectivity index (χ4v) is 3.33. The first-order valence-electron chi connectivity index (χ1n) is 9.44. The summed E-state index contributed by atoms with van der Waals surface area (Å²) >= 11 is 0. The van der Waals surface area contributed by atoms with E-state index in [1.807, 2.05) is 6.92 Å².